The standard InChI is InChI=1S/3C22H26N6O2.C13H17N3.C9H11N3O3/c3*1-3-14-9-15(10-24-20(14)23)26-21(29)22(30)28-12-13(2)7-8-19(28)16-5-4-6-18-17(16)11-25-27-18;1-9-5-6-12(14-7-9)10-3-2-4-13-11(10)8-15-16-13;1-2-5-3-6(4-11-7(5)10)12-8(13)9(14)15/h3*4-6,9-11,13,19H,3,7-8,12H2,1-2H3,(H2,23,24)(H,25,27)(H,26,29);2-4,8-9,12,14H,5-7H2,1H3,(H,15,16);3-4H,2H2,1H3,(H2,10,11)(H,12,13)(H,14,15)/t3*13-,19+;9-,12+;/m1100./s1. The van der Waals surface area contributed by atoms with Gasteiger partial charge in [0.15, 0.2) is 0 Å². The van der Waals surface area contributed by atoms with Gasteiger partial charge in [-0.05, 0) is 200 Å². The molecule has 4 aliphatic heterocycles. The van der Waals surface area contributed by atoms with E-state index in [9.17, 15) is 38.4 Å². The first kappa shape index (κ1) is 86.6. The number of piperidine rings is 4. The average Bonchev–Trinajstić information content (AvgIpc) is 1.77. The molecule has 8 aromatic heterocycles. The number of aromatic nitrogens is 12. The highest BCUT2D eigenvalue weighted by Crippen LogP contribution is 2.41. The number of carboxylic acid groups (broad SMARTS) is 1. The predicted molar refractivity (Wildman–Crippen MR) is 466 cm³/mol. The number of carbonyl (C=O) groups excluding carboxylic acids is 7. The summed E-state index contributed by atoms with van der Waals surface area (Å²) < 4.78 is 0. The lowest BCUT2D eigenvalue weighted by atomic mass is 9.88. The van der Waals surface area contributed by atoms with Crippen molar-refractivity contribution in [2.24, 2.45) is 23.7 Å². The van der Waals surface area contributed by atoms with Crippen LogP contribution in [-0.4, -0.2) is 154 Å². The molecule has 4 fully saturated rings. The average molecular weight is 1640 g/mol. The molecule has 0 saturated carbocycles. The number of likely N-dealkylation sites (tertiary alicyclic amines) is 3. The van der Waals surface area contributed by atoms with Crippen molar-refractivity contribution in [3.05, 3.63) is 191 Å². The molecule has 0 bridgehead atoms. The topological polar surface area (TPSA) is 497 Å². The number of aromatic amines is 4. The van der Waals surface area contributed by atoms with E-state index < -0.39 is 47.3 Å². The molecule has 0 spiro atoms. The summed E-state index contributed by atoms with van der Waals surface area (Å²) in [5.74, 6) is -2.79. The number of rotatable bonds is 12. The second-order valence-electron chi connectivity index (χ2n) is 31.4. The number of fused-ring (bicyclic) bond motifs is 4. The zero-order valence-electron chi connectivity index (χ0n) is 69.2. The van der Waals surface area contributed by atoms with Gasteiger partial charge in [-0.3, -0.25) is 54.0 Å². The van der Waals surface area contributed by atoms with Crippen LogP contribution in [0, 0.1) is 23.7 Å². The molecule has 4 aliphatic rings. The zero-order valence-corrected chi connectivity index (χ0v) is 69.2. The molecule has 0 radical (unpaired) electrons. The maximum atomic E-state index is 13.2. The molecule has 18 N–H and O–H groups in total. The van der Waals surface area contributed by atoms with Crippen molar-refractivity contribution in [1.29, 1.82) is 0 Å². The smallest absolute Gasteiger partial charge is 0.394 e. The molecule has 33 heteroatoms. The van der Waals surface area contributed by atoms with Crippen molar-refractivity contribution < 1.29 is 43.5 Å². The van der Waals surface area contributed by atoms with E-state index in [2.05, 4.69) is 133 Å². The summed E-state index contributed by atoms with van der Waals surface area (Å²) in [5, 5.41) is 54.9. The van der Waals surface area contributed by atoms with E-state index in [0.29, 0.717) is 115 Å². The number of nitrogens with one attached hydrogen (secondary N) is 9. The molecule has 12 aromatic rings. The van der Waals surface area contributed by atoms with Crippen LogP contribution in [0.1, 0.15) is 175 Å². The third-order valence-corrected chi connectivity index (χ3v) is 22.8. The summed E-state index contributed by atoms with van der Waals surface area (Å²) in [6, 6.07) is 31.0. The van der Waals surface area contributed by atoms with Gasteiger partial charge in [-0.1, -0.05) is 104 Å². The normalized spacial score (nSPS) is 18.8. The minimum atomic E-state index is -1.54. The van der Waals surface area contributed by atoms with Gasteiger partial charge in [-0.15, -0.1) is 0 Å². The van der Waals surface area contributed by atoms with Gasteiger partial charge in [0.2, 0.25) is 0 Å². The number of benzene rings is 4. The quantitative estimate of drug-likeness (QED) is 0.0505. The molecule has 7 amide bonds. The molecule has 16 rings (SSSR count). The molecule has 8 atom stereocenters. The fourth-order valence-electron chi connectivity index (χ4n) is 16.1. The molecular formula is C88H106N24O9. The number of pyridine rings is 4. The van der Waals surface area contributed by atoms with Crippen LogP contribution in [0.25, 0.3) is 43.6 Å². The minimum absolute atomic E-state index is 0.170. The fraction of sp³-hybridized carbons (Fsp3) is 0.364. The molecular weight excluding hydrogens is 1540 g/mol. The number of nitrogens with two attached hydrogens (primary N) is 4. The van der Waals surface area contributed by atoms with Gasteiger partial charge in [-0.25, -0.2) is 24.7 Å². The molecule has 12 heterocycles. The number of aliphatic carboxylic acids is 1. The molecule has 33 nitrogen and oxygen atoms in total. The number of amides is 7. The lowest BCUT2D eigenvalue weighted by molar-refractivity contribution is -0.147. The summed E-state index contributed by atoms with van der Waals surface area (Å²) in [6.07, 6.45) is 23.6. The van der Waals surface area contributed by atoms with Gasteiger partial charge >= 0.3 is 47.3 Å². The Labute approximate surface area is 699 Å². The molecule has 632 valence electrons. The lowest BCUT2D eigenvalue weighted by Crippen LogP contribution is -2.46. The third kappa shape index (κ3) is 20.9. The van der Waals surface area contributed by atoms with Gasteiger partial charge in [0.25, 0.3) is 0 Å². The Bertz CT molecular complexity index is 5300. The van der Waals surface area contributed by atoms with Crippen molar-refractivity contribution in [2.45, 2.75) is 157 Å². The number of anilines is 8. The van der Waals surface area contributed by atoms with Gasteiger partial charge < -0.3 is 69.3 Å². The highest BCUT2D eigenvalue weighted by atomic mass is 16.4. The molecule has 0 unspecified atom stereocenters. The van der Waals surface area contributed by atoms with Crippen LogP contribution in [0.3, 0.4) is 0 Å². The van der Waals surface area contributed by atoms with E-state index in [-0.39, 0.29) is 18.1 Å². The van der Waals surface area contributed by atoms with E-state index in [1.807, 2.05) is 88.5 Å². The van der Waals surface area contributed by atoms with E-state index in [0.717, 1.165) is 128 Å². The first-order valence-corrected chi connectivity index (χ1v) is 41.1. The minimum Gasteiger partial charge on any atom is -0.474 e. The number of nitrogen functional groups attached to an aromatic ring is 4. The summed E-state index contributed by atoms with van der Waals surface area (Å²) in [5.41, 5.74) is 36.4. The molecule has 4 saturated heterocycles. The first-order valence-electron chi connectivity index (χ1n) is 41.1. The van der Waals surface area contributed by atoms with Crippen LogP contribution in [0.4, 0.5) is 46.0 Å². The van der Waals surface area contributed by atoms with Crippen LogP contribution in [0.2, 0.25) is 0 Å². The SMILES string of the molecule is CCc1cc(NC(=O)C(=O)N2C[C@@H](C)CC[C@@H]2c2cccc3[nH]ncc23)cnc1N.CCc1cc(NC(=O)C(=O)N2C[C@H](C)CC[C@H]2c2cccc3[nH]ncc23)cnc1N.CCc1cc(NC(=O)C(=O)N2C[C@H](C)CC[C@H]2c2cccc3[nH]ncc23)cnc1N.CCc1cc(NC(=O)C(=O)O)cnc1N.C[C@H]1CC[C@H](c2cccc3[nH]ncc23)NC1. The summed E-state index contributed by atoms with van der Waals surface area (Å²) in [6.45, 7) is 19.1. The van der Waals surface area contributed by atoms with E-state index in [4.69, 9.17) is 28.0 Å². The van der Waals surface area contributed by atoms with E-state index in [1.165, 1.54) is 48.6 Å². The van der Waals surface area contributed by atoms with Gasteiger partial charge in [-0.2, -0.15) is 20.4 Å². The van der Waals surface area contributed by atoms with Crippen molar-refractivity contribution in [1.82, 2.24) is 80.7 Å². The monoisotopic (exact) mass is 1640 g/mol. The number of carbonyl (C=O) groups is 8. The second kappa shape index (κ2) is 39.7. The predicted octanol–water partition coefficient (Wildman–Crippen LogP) is 12.0. The third-order valence-electron chi connectivity index (χ3n) is 22.8. The maximum Gasteiger partial charge on any atom is 0.394 e. The summed E-state index contributed by atoms with van der Waals surface area (Å²) >= 11 is 0. The van der Waals surface area contributed by atoms with Crippen molar-refractivity contribution in [3.63, 3.8) is 0 Å². The Morgan fingerprint density at radius 2 is 0.645 bits per heavy atom. The van der Waals surface area contributed by atoms with Crippen LogP contribution in [0.15, 0.2) is 147 Å². The number of nitrogens with zero attached hydrogens (tertiary/aromatic N) is 11. The fourth-order valence-corrected chi connectivity index (χ4v) is 16.1. The van der Waals surface area contributed by atoms with Crippen LogP contribution in [0.5, 0.6) is 0 Å². The zero-order chi connectivity index (χ0) is 86.1. The largest absolute Gasteiger partial charge is 0.474 e. The van der Waals surface area contributed by atoms with Crippen LogP contribution >= 0.6 is 0 Å². The van der Waals surface area contributed by atoms with Gasteiger partial charge in [0.05, 0.1) is 113 Å². The van der Waals surface area contributed by atoms with E-state index >= 15 is 0 Å². The lowest BCUT2D eigenvalue weighted by Gasteiger charge is -2.38. The highest BCUT2D eigenvalue weighted by molar-refractivity contribution is 6.41. The van der Waals surface area contributed by atoms with Crippen LogP contribution in [-0.2, 0) is 64.0 Å². The number of hydrogen-bond donors (Lipinski definition) is 14. The molecule has 0 aliphatic carbocycles. The Morgan fingerprint density at radius 3 is 0.917 bits per heavy atom. The Balaban J connectivity index is 0.000000142. The highest BCUT2D eigenvalue weighted by Gasteiger charge is 2.39. The van der Waals surface area contributed by atoms with Gasteiger partial charge in [0.1, 0.15) is 23.3 Å². The molecule has 4 aromatic carbocycles. The second-order valence-corrected chi connectivity index (χ2v) is 31.4. The van der Waals surface area contributed by atoms with Gasteiger partial charge in [0, 0.05) is 47.2 Å². The number of H-pyrrole nitrogens is 4. The Morgan fingerprint density at radius 1 is 0.372 bits per heavy atom. The number of carboxylic acids is 1. The number of hydrogen-bond acceptors (Lipinski definition) is 21. The van der Waals surface area contributed by atoms with Crippen molar-refractivity contribution >= 4 is 137 Å². The first-order chi connectivity index (χ1) is 58.3. The Hall–Kier alpha value is -13.7. The summed E-state index contributed by atoms with van der Waals surface area (Å²) in [4.78, 5) is 120. The summed E-state index contributed by atoms with van der Waals surface area (Å²) in [7, 11) is 0. The number of aryl methyl sites for hydroxylation is 4. The maximum absolute atomic E-state index is 13.2. The van der Waals surface area contributed by atoms with E-state index in [1.54, 1.807) is 57.6 Å². The molecule has 121 heavy (non-hydrogen) atoms. The van der Waals surface area contributed by atoms with Crippen LogP contribution < -0.4 is 49.5 Å². The van der Waals surface area contributed by atoms with Crippen molar-refractivity contribution in [2.75, 3.05) is 70.4 Å². The van der Waals surface area contributed by atoms with Crippen molar-refractivity contribution in [3.8, 4) is 0 Å². The Kier molecular flexibility index (Phi) is 28.4.